The van der Waals surface area contributed by atoms with E-state index >= 15 is 0 Å². The highest BCUT2D eigenvalue weighted by Crippen LogP contribution is 2.30. The molecule has 1 amide bonds. The lowest BCUT2D eigenvalue weighted by atomic mass is 9.89. The minimum atomic E-state index is 0.0441. The number of phenolic OH excluding ortho intramolecular Hbond substituents is 1. The number of aromatic hydroxyl groups is 1. The van der Waals surface area contributed by atoms with E-state index in [0.717, 1.165) is 31.7 Å². The summed E-state index contributed by atoms with van der Waals surface area (Å²) in [6.45, 7) is 1.46. The largest absolute Gasteiger partial charge is 0.508 e. The lowest BCUT2D eigenvalue weighted by Crippen LogP contribution is -2.37. The van der Waals surface area contributed by atoms with Crippen molar-refractivity contribution < 1.29 is 14.6 Å². The van der Waals surface area contributed by atoms with Gasteiger partial charge < -0.3 is 14.7 Å². The number of benzene rings is 3. The molecule has 0 spiro atoms. The van der Waals surface area contributed by atoms with Crippen molar-refractivity contribution in [1.82, 2.24) is 4.90 Å². The van der Waals surface area contributed by atoms with E-state index in [2.05, 4.69) is 0 Å². The average Bonchev–Trinajstić information content (AvgIpc) is 2.75. The first-order valence-electron chi connectivity index (χ1n) is 9.60. The molecule has 0 bridgehead atoms. The summed E-state index contributed by atoms with van der Waals surface area (Å²) in [4.78, 5) is 14.8. The van der Waals surface area contributed by atoms with Crippen molar-refractivity contribution in [2.75, 3.05) is 13.1 Å². The van der Waals surface area contributed by atoms with Crippen molar-refractivity contribution in [3.63, 3.8) is 0 Å². The van der Waals surface area contributed by atoms with Gasteiger partial charge in [0.15, 0.2) is 0 Å². The van der Waals surface area contributed by atoms with Crippen LogP contribution in [0.5, 0.6) is 17.2 Å². The third kappa shape index (κ3) is 4.17. The highest BCUT2D eigenvalue weighted by Gasteiger charge is 2.24. The normalized spacial score (nSPS) is 14.6. The van der Waals surface area contributed by atoms with E-state index in [1.165, 1.54) is 5.56 Å². The van der Waals surface area contributed by atoms with Crippen LogP contribution in [0, 0.1) is 0 Å². The van der Waals surface area contributed by atoms with Crippen LogP contribution >= 0.6 is 0 Å². The van der Waals surface area contributed by atoms with Crippen LogP contribution in [0.1, 0.15) is 34.7 Å². The topological polar surface area (TPSA) is 49.8 Å². The Kier molecular flexibility index (Phi) is 5.29. The van der Waals surface area contributed by atoms with Crippen LogP contribution in [0.2, 0.25) is 0 Å². The van der Waals surface area contributed by atoms with E-state index in [1.54, 1.807) is 18.2 Å². The number of rotatable bonds is 4. The van der Waals surface area contributed by atoms with Crippen molar-refractivity contribution in [2.24, 2.45) is 0 Å². The van der Waals surface area contributed by atoms with Gasteiger partial charge in [-0.1, -0.05) is 36.4 Å². The fourth-order valence-corrected chi connectivity index (χ4v) is 3.66. The Morgan fingerprint density at radius 2 is 1.54 bits per heavy atom. The molecular weight excluding hydrogens is 350 g/mol. The molecule has 1 N–H and O–H groups in total. The first kappa shape index (κ1) is 18.1. The van der Waals surface area contributed by atoms with E-state index in [0.29, 0.717) is 17.2 Å². The minimum Gasteiger partial charge on any atom is -0.508 e. The molecule has 0 unspecified atom stereocenters. The average molecular weight is 373 g/mol. The van der Waals surface area contributed by atoms with Crippen molar-refractivity contribution in [3.8, 4) is 17.2 Å². The zero-order chi connectivity index (χ0) is 19.3. The molecule has 3 aromatic rings. The Bertz CT molecular complexity index is 930. The van der Waals surface area contributed by atoms with Crippen LogP contribution in [0.3, 0.4) is 0 Å². The summed E-state index contributed by atoms with van der Waals surface area (Å²) in [6, 6.07) is 24.3. The molecular formula is C24H23NO3. The predicted molar refractivity (Wildman–Crippen MR) is 109 cm³/mol. The van der Waals surface area contributed by atoms with Crippen molar-refractivity contribution >= 4 is 5.91 Å². The number of ether oxygens (including phenoxy) is 1. The summed E-state index contributed by atoms with van der Waals surface area (Å²) in [5.41, 5.74) is 1.87. The fraction of sp³-hybridized carbons (Fsp3) is 0.208. The molecule has 0 radical (unpaired) electrons. The van der Waals surface area contributed by atoms with Gasteiger partial charge in [0.05, 0.1) is 0 Å². The number of para-hydroxylation sites is 1. The van der Waals surface area contributed by atoms with Crippen LogP contribution in [0.4, 0.5) is 0 Å². The monoisotopic (exact) mass is 373 g/mol. The van der Waals surface area contributed by atoms with Crippen molar-refractivity contribution in [2.45, 2.75) is 18.8 Å². The van der Waals surface area contributed by atoms with Gasteiger partial charge in [0.2, 0.25) is 0 Å². The van der Waals surface area contributed by atoms with E-state index in [-0.39, 0.29) is 11.7 Å². The Hall–Kier alpha value is -3.27. The lowest BCUT2D eigenvalue weighted by Gasteiger charge is -2.32. The molecule has 28 heavy (non-hydrogen) atoms. The maximum atomic E-state index is 12.9. The molecule has 1 fully saturated rings. The number of carbonyl (C=O) groups excluding carboxylic acids is 1. The Morgan fingerprint density at radius 1 is 0.857 bits per heavy atom. The van der Waals surface area contributed by atoms with E-state index in [9.17, 15) is 9.90 Å². The zero-order valence-electron chi connectivity index (χ0n) is 15.6. The lowest BCUT2D eigenvalue weighted by molar-refractivity contribution is 0.0712. The second-order valence-corrected chi connectivity index (χ2v) is 7.10. The third-order valence-electron chi connectivity index (χ3n) is 5.21. The predicted octanol–water partition coefficient (Wildman–Crippen LogP) is 5.20. The van der Waals surface area contributed by atoms with Gasteiger partial charge in [-0.2, -0.15) is 0 Å². The highest BCUT2D eigenvalue weighted by molar-refractivity contribution is 5.94. The Balaban J connectivity index is 1.40. The van der Waals surface area contributed by atoms with Gasteiger partial charge >= 0.3 is 0 Å². The Labute approximate surface area is 165 Å². The van der Waals surface area contributed by atoms with Crippen LogP contribution < -0.4 is 4.74 Å². The summed E-state index contributed by atoms with van der Waals surface area (Å²) in [5, 5.41) is 9.45. The third-order valence-corrected chi connectivity index (χ3v) is 5.21. The van der Waals surface area contributed by atoms with Gasteiger partial charge in [-0.15, -0.1) is 0 Å². The summed E-state index contributed by atoms with van der Waals surface area (Å²) in [7, 11) is 0. The van der Waals surface area contributed by atoms with Crippen LogP contribution in [0.25, 0.3) is 0 Å². The second-order valence-electron chi connectivity index (χ2n) is 7.10. The van der Waals surface area contributed by atoms with Gasteiger partial charge in [-0.3, -0.25) is 4.79 Å². The van der Waals surface area contributed by atoms with Crippen LogP contribution in [-0.2, 0) is 0 Å². The number of hydrogen-bond donors (Lipinski definition) is 1. The van der Waals surface area contributed by atoms with E-state index in [4.69, 9.17) is 4.74 Å². The maximum absolute atomic E-state index is 12.9. The molecule has 142 valence electrons. The summed E-state index contributed by atoms with van der Waals surface area (Å²) in [5.74, 6) is 2.17. The molecule has 0 aromatic heterocycles. The second kappa shape index (κ2) is 8.17. The van der Waals surface area contributed by atoms with Gasteiger partial charge in [0.1, 0.15) is 17.2 Å². The smallest absolute Gasteiger partial charge is 0.253 e. The van der Waals surface area contributed by atoms with Crippen LogP contribution in [-0.4, -0.2) is 29.0 Å². The van der Waals surface area contributed by atoms with Gasteiger partial charge in [0.25, 0.3) is 5.91 Å². The number of amides is 1. The van der Waals surface area contributed by atoms with Crippen molar-refractivity contribution in [3.05, 3.63) is 90.0 Å². The number of phenols is 1. The molecule has 1 aliphatic rings. The highest BCUT2D eigenvalue weighted by atomic mass is 16.5. The molecule has 4 rings (SSSR count). The first-order chi connectivity index (χ1) is 13.7. The van der Waals surface area contributed by atoms with Crippen molar-refractivity contribution in [1.29, 1.82) is 0 Å². The molecule has 1 heterocycles. The molecule has 0 aliphatic carbocycles. The molecule has 4 nitrogen and oxygen atoms in total. The number of nitrogens with zero attached hydrogens (tertiary/aromatic N) is 1. The standard InChI is InChI=1S/C24H23NO3/c26-21-11-9-18(10-12-21)19-13-15-25(16-14-19)24(27)20-5-4-8-23(17-20)28-22-6-2-1-3-7-22/h1-12,17,19,26H,13-16H2. The Morgan fingerprint density at radius 3 is 2.25 bits per heavy atom. The first-order valence-corrected chi connectivity index (χ1v) is 9.60. The molecule has 0 atom stereocenters. The molecule has 1 saturated heterocycles. The summed E-state index contributed by atoms with van der Waals surface area (Å²) >= 11 is 0. The maximum Gasteiger partial charge on any atom is 0.253 e. The zero-order valence-corrected chi connectivity index (χ0v) is 15.6. The number of piperidine rings is 1. The van der Waals surface area contributed by atoms with E-state index in [1.807, 2.05) is 65.6 Å². The minimum absolute atomic E-state index is 0.0441. The van der Waals surface area contributed by atoms with Gasteiger partial charge in [0, 0.05) is 18.7 Å². The summed E-state index contributed by atoms with van der Waals surface area (Å²) in [6.07, 6.45) is 1.85. The van der Waals surface area contributed by atoms with Crippen LogP contribution in [0.15, 0.2) is 78.9 Å². The number of likely N-dealkylation sites (tertiary alicyclic amines) is 1. The number of hydrogen-bond acceptors (Lipinski definition) is 3. The quantitative estimate of drug-likeness (QED) is 0.683. The molecule has 3 aromatic carbocycles. The fourth-order valence-electron chi connectivity index (χ4n) is 3.66. The molecule has 1 aliphatic heterocycles. The summed E-state index contributed by atoms with van der Waals surface area (Å²) < 4.78 is 5.85. The van der Waals surface area contributed by atoms with E-state index < -0.39 is 0 Å². The van der Waals surface area contributed by atoms with Gasteiger partial charge in [-0.05, 0) is 66.8 Å². The number of carbonyl (C=O) groups is 1. The van der Waals surface area contributed by atoms with Gasteiger partial charge in [-0.25, -0.2) is 0 Å². The molecule has 4 heteroatoms. The SMILES string of the molecule is O=C(c1cccc(Oc2ccccc2)c1)N1CCC(c2ccc(O)cc2)CC1. The molecule has 0 saturated carbocycles.